The second kappa shape index (κ2) is 6.95. The fourth-order valence-corrected chi connectivity index (χ4v) is 2.07. The van der Waals surface area contributed by atoms with E-state index < -0.39 is 17.5 Å². The van der Waals surface area contributed by atoms with Crippen molar-refractivity contribution in [3.05, 3.63) is 29.3 Å². The molecule has 114 valence electrons. The third-order valence-corrected chi connectivity index (χ3v) is 3.19. The molecular formula is C14H20F3NO2. The molecule has 0 saturated carbocycles. The van der Waals surface area contributed by atoms with Gasteiger partial charge in [0.2, 0.25) is 0 Å². The molecule has 0 fully saturated rings. The molecule has 1 unspecified atom stereocenters. The van der Waals surface area contributed by atoms with Crippen LogP contribution in [-0.2, 0) is 17.5 Å². The Bertz CT molecular complexity index is 435. The molecule has 1 aromatic rings. The molecule has 0 aromatic heterocycles. The standard InChI is InChI=1S/C14H20F3NO2/c1-4-18(10(2)9-20-3)8-11-5-6-13(19)12(7-11)14(15,16)17/h5-7,10,19H,4,8-9H2,1-3H3. The largest absolute Gasteiger partial charge is 0.507 e. The lowest BCUT2D eigenvalue weighted by Crippen LogP contribution is -2.35. The molecule has 0 bridgehead atoms. The molecule has 0 aliphatic rings. The number of phenolic OH excluding ortho intramolecular Hbond substituents is 1. The summed E-state index contributed by atoms with van der Waals surface area (Å²) in [7, 11) is 1.59. The first-order chi connectivity index (χ1) is 9.29. The van der Waals surface area contributed by atoms with Gasteiger partial charge in [-0.25, -0.2) is 0 Å². The number of benzene rings is 1. The van der Waals surface area contributed by atoms with Crippen molar-refractivity contribution in [2.45, 2.75) is 32.6 Å². The fraction of sp³-hybridized carbons (Fsp3) is 0.571. The molecule has 3 nitrogen and oxygen atoms in total. The summed E-state index contributed by atoms with van der Waals surface area (Å²) in [5, 5.41) is 9.30. The van der Waals surface area contributed by atoms with Gasteiger partial charge in [0.25, 0.3) is 0 Å². The lowest BCUT2D eigenvalue weighted by molar-refractivity contribution is -0.138. The maximum Gasteiger partial charge on any atom is 0.419 e. The zero-order valence-electron chi connectivity index (χ0n) is 11.9. The van der Waals surface area contributed by atoms with E-state index in [0.717, 1.165) is 12.1 Å². The zero-order chi connectivity index (χ0) is 15.3. The number of alkyl halides is 3. The van der Waals surface area contributed by atoms with Crippen molar-refractivity contribution in [3.8, 4) is 5.75 Å². The number of rotatable bonds is 6. The van der Waals surface area contributed by atoms with Crippen LogP contribution >= 0.6 is 0 Å². The molecule has 1 N–H and O–H groups in total. The van der Waals surface area contributed by atoms with E-state index in [-0.39, 0.29) is 6.04 Å². The van der Waals surface area contributed by atoms with Crippen molar-refractivity contribution in [2.24, 2.45) is 0 Å². The Morgan fingerprint density at radius 3 is 2.50 bits per heavy atom. The second-order valence-electron chi connectivity index (χ2n) is 4.72. The lowest BCUT2D eigenvalue weighted by Gasteiger charge is -2.27. The van der Waals surface area contributed by atoms with Gasteiger partial charge in [-0.3, -0.25) is 4.90 Å². The Kier molecular flexibility index (Phi) is 5.83. The number of halogens is 3. The summed E-state index contributed by atoms with van der Waals surface area (Å²) < 4.78 is 43.3. The highest BCUT2D eigenvalue weighted by Gasteiger charge is 2.34. The highest BCUT2D eigenvalue weighted by molar-refractivity contribution is 5.38. The Labute approximate surface area is 117 Å². The number of nitrogens with zero attached hydrogens (tertiary/aromatic N) is 1. The summed E-state index contributed by atoms with van der Waals surface area (Å²) >= 11 is 0. The van der Waals surface area contributed by atoms with Crippen molar-refractivity contribution in [1.82, 2.24) is 4.90 Å². The van der Waals surface area contributed by atoms with Gasteiger partial charge >= 0.3 is 6.18 Å². The van der Waals surface area contributed by atoms with Crippen LogP contribution in [0, 0.1) is 0 Å². The molecule has 0 aliphatic carbocycles. The van der Waals surface area contributed by atoms with Crippen molar-refractivity contribution in [3.63, 3.8) is 0 Å². The molecule has 6 heteroatoms. The zero-order valence-corrected chi connectivity index (χ0v) is 11.9. The minimum Gasteiger partial charge on any atom is -0.507 e. The topological polar surface area (TPSA) is 32.7 Å². The molecule has 1 aromatic carbocycles. The van der Waals surface area contributed by atoms with E-state index in [4.69, 9.17) is 4.74 Å². The van der Waals surface area contributed by atoms with Gasteiger partial charge in [0.15, 0.2) is 0 Å². The third kappa shape index (κ3) is 4.38. The summed E-state index contributed by atoms with van der Waals surface area (Å²) in [6, 6.07) is 3.70. The highest BCUT2D eigenvalue weighted by Crippen LogP contribution is 2.36. The Morgan fingerprint density at radius 2 is 2.00 bits per heavy atom. The van der Waals surface area contributed by atoms with Crippen LogP contribution in [0.5, 0.6) is 5.75 Å². The molecule has 0 saturated heterocycles. The highest BCUT2D eigenvalue weighted by atomic mass is 19.4. The number of hydrogen-bond acceptors (Lipinski definition) is 3. The van der Waals surface area contributed by atoms with Gasteiger partial charge in [0.1, 0.15) is 5.75 Å². The Hall–Kier alpha value is -1.27. The minimum atomic E-state index is -4.55. The number of likely N-dealkylation sites (N-methyl/N-ethyl adjacent to an activating group) is 1. The van der Waals surface area contributed by atoms with Crippen LogP contribution in [-0.4, -0.2) is 36.3 Å². The van der Waals surface area contributed by atoms with E-state index in [2.05, 4.69) is 0 Å². The molecule has 0 spiro atoms. The van der Waals surface area contributed by atoms with Gasteiger partial charge in [0, 0.05) is 19.7 Å². The van der Waals surface area contributed by atoms with Crippen LogP contribution < -0.4 is 0 Å². The average molecular weight is 291 g/mol. The van der Waals surface area contributed by atoms with Gasteiger partial charge in [-0.1, -0.05) is 13.0 Å². The van der Waals surface area contributed by atoms with Crippen molar-refractivity contribution >= 4 is 0 Å². The van der Waals surface area contributed by atoms with E-state index >= 15 is 0 Å². The van der Waals surface area contributed by atoms with Gasteiger partial charge in [0.05, 0.1) is 12.2 Å². The maximum atomic E-state index is 12.7. The van der Waals surface area contributed by atoms with Crippen molar-refractivity contribution in [1.29, 1.82) is 0 Å². The molecule has 0 aliphatic heterocycles. The Morgan fingerprint density at radius 1 is 1.35 bits per heavy atom. The van der Waals surface area contributed by atoms with Crippen LogP contribution in [0.15, 0.2) is 18.2 Å². The Balaban J connectivity index is 2.92. The molecular weight excluding hydrogens is 271 g/mol. The van der Waals surface area contributed by atoms with Crippen LogP contribution in [0.1, 0.15) is 25.0 Å². The number of phenols is 1. The predicted octanol–water partition coefficient (Wildman–Crippen LogP) is 3.27. The first-order valence-corrected chi connectivity index (χ1v) is 6.41. The lowest BCUT2D eigenvalue weighted by atomic mass is 10.1. The van der Waals surface area contributed by atoms with Crippen molar-refractivity contribution in [2.75, 3.05) is 20.3 Å². The first kappa shape index (κ1) is 16.8. The van der Waals surface area contributed by atoms with Gasteiger partial charge in [-0.15, -0.1) is 0 Å². The summed E-state index contributed by atoms with van der Waals surface area (Å²) in [6.07, 6.45) is -4.55. The predicted molar refractivity (Wildman–Crippen MR) is 70.5 cm³/mol. The van der Waals surface area contributed by atoms with Crippen molar-refractivity contribution < 1.29 is 23.0 Å². The third-order valence-electron chi connectivity index (χ3n) is 3.19. The summed E-state index contributed by atoms with van der Waals surface area (Å²) in [4.78, 5) is 2.01. The normalized spacial score (nSPS) is 13.8. The molecule has 1 atom stereocenters. The molecule has 0 amide bonds. The van der Waals surface area contributed by atoms with E-state index in [9.17, 15) is 18.3 Å². The van der Waals surface area contributed by atoms with Gasteiger partial charge in [-0.2, -0.15) is 13.2 Å². The first-order valence-electron chi connectivity index (χ1n) is 6.41. The van der Waals surface area contributed by atoms with E-state index in [1.54, 1.807) is 7.11 Å². The van der Waals surface area contributed by atoms with E-state index in [0.29, 0.717) is 25.3 Å². The average Bonchev–Trinajstić information content (AvgIpc) is 2.36. The van der Waals surface area contributed by atoms with Gasteiger partial charge in [-0.05, 0) is 31.2 Å². The van der Waals surface area contributed by atoms with E-state index in [1.165, 1.54) is 6.07 Å². The second-order valence-corrected chi connectivity index (χ2v) is 4.72. The number of aromatic hydroxyl groups is 1. The molecule has 1 rings (SSSR count). The summed E-state index contributed by atoms with van der Waals surface area (Å²) in [6.45, 7) is 5.49. The molecule has 20 heavy (non-hydrogen) atoms. The molecule has 0 radical (unpaired) electrons. The van der Waals surface area contributed by atoms with Crippen LogP contribution in [0.3, 0.4) is 0 Å². The van der Waals surface area contributed by atoms with E-state index in [1.807, 2.05) is 18.7 Å². The van der Waals surface area contributed by atoms with Gasteiger partial charge < -0.3 is 9.84 Å². The number of ether oxygens (including phenoxy) is 1. The van der Waals surface area contributed by atoms with Crippen LogP contribution in [0.2, 0.25) is 0 Å². The minimum absolute atomic E-state index is 0.105. The number of hydrogen-bond donors (Lipinski definition) is 1. The smallest absolute Gasteiger partial charge is 0.419 e. The molecule has 0 heterocycles. The summed E-state index contributed by atoms with van der Waals surface area (Å²) in [5.74, 6) is -0.741. The summed E-state index contributed by atoms with van der Waals surface area (Å²) in [5.41, 5.74) is -0.481. The quantitative estimate of drug-likeness (QED) is 0.873. The fourth-order valence-electron chi connectivity index (χ4n) is 2.07. The monoisotopic (exact) mass is 291 g/mol. The maximum absolute atomic E-state index is 12.7. The SMILES string of the molecule is CCN(Cc1ccc(O)c(C(F)(F)F)c1)C(C)COC. The van der Waals surface area contributed by atoms with Crippen LogP contribution in [0.25, 0.3) is 0 Å². The number of methoxy groups -OCH3 is 1. The van der Waals surface area contributed by atoms with Crippen LogP contribution in [0.4, 0.5) is 13.2 Å².